The van der Waals surface area contributed by atoms with Crippen LogP contribution in [0.15, 0.2) is 115 Å². The van der Waals surface area contributed by atoms with E-state index < -0.39 is 7.92 Å². The summed E-state index contributed by atoms with van der Waals surface area (Å²) >= 11 is 0. The fourth-order valence-electron chi connectivity index (χ4n) is 3.11. The van der Waals surface area contributed by atoms with Gasteiger partial charge in [-0.2, -0.15) is 0 Å². The zero-order valence-electron chi connectivity index (χ0n) is 14.3. The topological polar surface area (TPSA) is 0 Å². The molecule has 0 fully saturated rings. The quantitative estimate of drug-likeness (QED) is 0.373. The molecule has 0 aliphatic heterocycles. The summed E-state index contributed by atoms with van der Waals surface area (Å²) in [6, 6.07) is 41.2. The zero-order chi connectivity index (χ0) is 16.9. The molecule has 0 spiro atoms. The second kappa shape index (κ2) is 8.94. The molecule has 0 saturated carbocycles. The van der Waals surface area contributed by atoms with Crippen LogP contribution in [0.25, 0.3) is 11.1 Å². The molecule has 4 aromatic rings. The van der Waals surface area contributed by atoms with Crippen LogP contribution >= 0.6 is 24.9 Å². The Kier molecular flexibility index (Phi) is 6.39. The van der Waals surface area contributed by atoms with Gasteiger partial charge in [0.2, 0.25) is 0 Å². The monoisotopic (exact) mass is 418 g/mol. The Morgan fingerprint density at radius 2 is 0.846 bits per heavy atom. The van der Waals surface area contributed by atoms with Gasteiger partial charge in [-0.15, -0.1) is 17.0 Å². The van der Waals surface area contributed by atoms with Crippen LogP contribution in [-0.4, -0.2) is 0 Å². The van der Waals surface area contributed by atoms with Gasteiger partial charge in [-0.25, -0.2) is 0 Å². The summed E-state index contributed by atoms with van der Waals surface area (Å²) in [5, 5.41) is 4.17. The number of rotatable bonds is 4. The summed E-state index contributed by atoms with van der Waals surface area (Å²) in [7, 11) is -0.590. The van der Waals surface area contributed by atoms with Crippen LogP contribution in [0.3, 0.4) is 0 Å². The molecule has 0 amide bonds. The van der Waals surface area contributed by atoms with Crippen molar-refractivity contribution in [2.24, 2.45) is 0 Å². The molecule has 0 aliphatic rings. The lowest BCUT2D eigenvalue weighted by molar-refractivity contribution is 1.65. The Morgan fingerprint density at radius 1 is 0.423 bits per heavy atom. The maximum atomic E-state index is 2.29. The van der Waals surface area contributed by atoms with Gasteiger partial charge >= 0.3 is 0 Å². The second-order valence-corrected chi connectivity index (χ2v) is 8.08. The Balaban J connectivity index is 0.00000196. The van der Waals surface area contributed by atoms with Gasteiger partial charge in [0.1, 0.15) is 0 Å². The minimum atomic E-state index is -0.590. The van der Waals surface area contributed by atoms with Crippen molar-refractivity contribution in [3.8, 4) is 11.1 Å². The van der Waals surface area contributed by atoms with Gasteiger partial charge in [-0.3, -0.25) is 0 Å². The van der Waals surface area contributed by atoms with Crippen molar-refractivity contribution in [3.63, 3.8) is 0 Å². The van der Waals surface area contributed by atoms with E-state index in [4.69, 9.17) is 0 Å². The molecule has 128 valence electrons. The molecular weight excluding hydrogens is 399 g/mol. The van der Waals surface area contributed by atoms with Gasteiger partial charge in [0, 0.05) is 0 Å². The van der Waals surface area contributed by atoms with Crippen molar-refractivity contribution in [1.29, 1.82) is 0 Å². The lowest BCUT2D eigenvalue weighted by Gasteiger charge is -2.22. The maximum absolute atomic E-state index is 2.29. The summed E-state index contributed by atoms with van der Waals surface area (Å²) in [5.74, 6) is 0. The molecule has 0 aromatic heterocycles. The largest absolute Gasteiger partial charge is 0.114 e. The fourth-order valence-corrected chi connectivity index (χ4v) is 5.59. The number of hydrogen-bond acceptors (Lipinski definition) is 0. The maximum Gasteiger partial charge on any atom is -0.00726 e. The smallest absolute Gasteiger partial charge is 0.00726 e. The highest BCUT2D eigenvalue weighted by molar-refractivity contribution is 8.93. The number of hydrogen-bond donors (Lipinski definition) is 0. The first-order valence-electron chi connectivity index (χ1n) is 8.48. The van der Waals surface area contributed by atoms with Gasteiger partial charge in [0.05, 0.1) is 0 Å². The summed E-state index contributed by atoms with van der Waals surface area (Å²) in [6.07, 6.45) is 0. The minimum Gasteiger partial charge on any atom is -0.114 e. The SMILES string of the molecule is Br.c1ccc(-c2ccccc2P(c2ccccc2)c2ccccc2)cc1. The summed E-state index contributed by atoms with van der Waals surface area (Å²) < 4.78 is 0. The van der Waals surface area contributed by atoms with Crippen molar-refractivity contribution >= 4 is 40.8 Å². The van der Waals surface area contributed by atoms with Crippen LogP contribution in [0, 0.1) is 0 Å². The van der Waals surface area contributed by atoms with E-state index in [0.29, 0.717) is 0 Å². The third-order valence-corrected chi connectivity index (χ3v) is 6.76. The third kappa shape index (κ3) is 3.96. The van der Waals surface area contributed by atoms with E-state index in [1.807, 2.05) is 0 Å². The lowest BCUT2D eigenvalue weighted by Crippen LogP contribution is -2.21. The van der Waals surface area contributed by atoms with Crippen LogP contribution < -0.4 is 15.9 Å². The molecule has 4 aromatic carbocycles. The molecule has 0 atom stereocenters. The Bertz CT molecular complexity index is 898. The van der Waals surface area contributed by atoms with Crippen molar-refractivity contribution < 1.29 is 0 Å². The summed E-state index contributed by atoms with van der Waals surface area (Å²) in [6.45, 7) is 0. The molecule has 0 saturated heterocycles. The van der Waals surface area contributed by atoms with E-state index in [1.165, 1.54) is 27.0 Å². The van der Waals surface area contributed by atoms with Gasteiger partial charge in [-0.05, 0) is 35.0 Å². The standard InChI is InChI=1S/C24H19P.BrH/c1-4-12-20(13-5-1)23-18-10-11-19-24(23)25(21-14-6-2-7-15-21)22-16-8-3-9-17-22;/h1-19H;1H. The van der Waals surface area contributed by atoms with Crippen LogP contribution in [0.4, 0.5) is 0 Å². The predicted octanol–water partition coefficient (Wildman–Crippen LogP) is 5.69. The Labute approximate surface area is 167 Å². The molecule has 0 radical (unpaired) electrons. The molecule has 26 heavy (non-hydrogen) atoms. The van der Waals surface area contributed by atoms with E-state index in [2.05, 4.69) is 115 Å². The normalized spacial score (nSPS) is 10.3. The van der Waals surface area contributed by atoms with E-state index in [0.717, 1.165) is 0 Å². The highest BCUT2D eigenvalue weighted by Gasteiger charge is 2.19. The van der Waals surface area contributed by atoms with Gasteiger partial charge in [0.25, 0.3) is 0 Å². The molecule has 0 aliphatic carbocycles. The van der Waals surface area contributed by atoms with Crippen LogP contribution in [0.2, 0.25) is 0 Å². The number of benzene rings is 4. The molecule has 0 unspecified atom stereocenters. The average molecular weight is 419 g/mol. The fraction of sp³-hybridized carbons (Fsp3) is 0. The molecule has 0 nitrogen and oxygen atoms in total. The molecular formula is C24H20BrP. The highest BCUT2D eigenvalue weighted by atomic mass is 79.9. The van der Waals surface area contributed by atoms with Crippen LogP contribution in [0.5, 0.6) is 0 Å². The van der Waals surface area contributed by atoms with Crippen molar-refractivity contribution in [2.45, 2.75) is 0 Å². The van der Waals surface area contributed by atoms with Gasteiger partial charge in [-0.1, -0.05) is 115 Å². The average Bonchev–Trinajstić information content (AvgIpc) is 2.71. The van der Waals surface area contributed by atoms with E-state index in [-0.39, 0.29) is 17.0 Å². The van der Waals surface area contributed by atoms with E-state index >= 15 is 0 Å². The first-order chi connectivity index (χ1) is 12.4. The van der Waals surface area contributed by atoms with Crippen molar-refractivity contribution in [3.05, 3.63) is 115 Å². The molecule has 0 bridgehead atoms. The predicted molar refractivity (Wildman–Crippen MR) is 121 cm³/mol. The van der Waals surface area contributed by atoms with Gasteiger partial charge < -0.3 is 0 Å². The van der Waals surface area contributed by atoms with Crippen LogP contribution in [0.1, 0.15) is 0 Å². The van der Waals surface area contributed by atoms with E-state index in [9.17, 15) is 0 Å². The van der Waals surface area contributed by atoms with Crippen molar-refractivity contribution in [2.75, 3.05) is 0 Å². The molecule has 0 heterocycles. The zero-order valence-corrected chi connectivity index (χ0v) is 16.9. The first kappa shape index (κ1) is 18.6. The van der Waals surface area contributed by atoms with Crippen LogP contribution in [-0.2, 0) is 0 Å². The third-order valence-electron chi connectivity index (χ3n) is 4.26. The molecule has 2 heteroatoms. The van der Waals surface area contributed by atoms with Gasteiger partial charge in [0.15, 0.2) is 0 Å². The minimum absolute atomic E-state index is 0. The van der Waals surface area contributed by atoms with Crippen molar-refractivity contribution in [1.82, 2.24) is 0 Å². The van der Waals surface area contributed by atoms with E-state index in [1.54, 1.807) is 0 Å². The summed E-state index contributed by atoms with van der Waals surface area (Å²) in [5.41, 5.74) is 2.60. The first-order valence-corrected chi connectivity index (χ1v) is 9.82. The number of halogens is 1. The Morgan fingerprint density at radius 3 is 1.38 bits per heavy atom. The second-order valence-electron chi connectivity index (χ2n) is 5.89. The lowest BCUT2D eigenvalue weighted by atomic mass is 10.1. The molecule has 4 rings (SSSR count). The molecule has 0 N–H and O–H groups in total. The summed E-state index contributed by atoms with van der Waals surface area (Å²) in [4.78, 5) is 0. The Hall–Kier alpha value is -2.21. The highest BCUT2D eigenvalue weighted by Crippen LogP contribution is 2.36.